The van der Waals surface area contributed by atoms with E-state index < -0.39 is 0 Å². The molecule has 0 saturated carbocycles. The molecule has 2 aromatic carbocycles. The molecule has 0 aliphatic rings. The van der Waals surface area contributed by atoms with E-state index in [2.05, 4.69) is 25.1 Å². The van der Waals surface area contributed by atoms with Crippen LogP contribution in [0.3, 0.4) is 0 Å². The Morgan fingerprint density at radius 2 is 1.50 bits per heavy atom. The molecule has 0 amide bonds. The molecule has 102 valence electrons. The molecule has 0 aliphatic carbocycles. The Hall–Kier alpha value is -2.27. The van der Waals surface area contributed by atoms with Crippen molar-refractivity contribution >= 4 is 0 Å². The quantitative estimate of drug-likeness (QED) is 0.703. The van der Waals surface area contributed by atoms with Gasteiger partial charge in [-0.1, -0.05) is 44.0 Å². The van der Waals surface area contributed by atoms with E-state index >= 15 is 0 Å². The molecule has 0 bridgehead atoms. The molecule has 2 aromatic rings. The SMILES string of the molecule is CCCCCOc1ccc(-c2ccc(C#N)cc2)cc1. The minimum Gasteiger partial charge on any atom is -0.494 e. The molecule has 0 aromatic heterocycles. The lowest BCUT2D eigenvalue weighted by atomic mass is 10.0. The summed E-state index contributed by atoms with van der Waals surface area (Å²) in [6.07, 6.45) is 3.53. The average Bonchev–Trinajstić information content (AvgIpc) is 2.52. The summed E-state index contributed by atoms with van der Waals surface area (Å²) in [5, 5.41) is 8.79. The summed E-state index contributed by atoms with van der Waals surface area (Å²) < 4.78 is 5.69. The molecule has 2 nitrogen and oxygen atoms in total. The Labute approximate surface area is 120 Å². The monoisotopic (exact) mass is 265 g/mol. The number of benzene rings is 2. The fourth-order valence-corrected chi connectivity index (χ4v) is 2.02. The second kappa shape index (κ2) is 7.35. The van der Waals surface area contributed by atoms with E-state index in [1.54, 1.807) is 0 Å². The van der Waals surface area contributed by atoms with Crippen molar-refractivity contribution in [2.45, 2.75) is 26.2 Å². The minimum atomic E-state index is 0.685. The molecule has 0 fully saturated rings. The highest BCUT2D eigenvalue weighted by Crippen LogP contribution is 2.22. The van der Waals surface area contributed by atoms with Gasteiger partial charge >= 0.3 is 0 Å². The molecular formula is C18H19NO. The second-order valence-corrected chi connectivity index (χ2v) is 4.77. The summed E-state index contributed by atoms with van der Waals surface area (Å²) in [5.74, 6) is 0.915. The van der Waals surface area contributed by atoms with Crippen LogP contribution in [0.4, 0.5) is 0 Å². The van der Waals surface area contributed by atoms with Crippen LogP contribution in [0.1, 0.15) is 31.7 Å². The Bertz CT molecular complexity index is 564. The number of nitriles is 1. The first kappa shape index (κ1) is 14.1. The number of nitrogens with zero attached hydrogens (tertiary/aromatic N) is 1. The number of ether oxygens (including phenoxy) is 1. The Balaban J connectivity index is 1.98. The van der Waals surface area contributed by atoms with Crippen molar-refractivity contribution in [3.8, 4) is 22.9 Å². The number of hydrogen-bond acceptors (Lipinski definition) is 2. The molecule has 0 aliphatic heterocycles. The van der Waals surface area contributed by atoms with Crippen LogP contribution in [0.2, 0.25) is 0 Å². The molecule has 0 radical (unpaired) electrons. The van der Waals surface area contributed by atoms with Gasteiger partial charge in [-0.3, -0.25) is 0 Å². The summed E-state index contributed by atoms with van der Waals surface area (Å²) in [4.78, 5) is 0. The molecule has 0 spiro atoms. The van der Waals surface area contributed by atoms with Crippen molar-refractivity contribution in [3.05, 3.63) is 54.1 Å². The lowest BCUT2D eigenvalue weighted by molar-refractivity contribution is 0.306. The fourth-order valence-electron chi connectivity index (χ4n) is 2.02. The lowest BCUT2D eigenvalue weighted by Crippen LogP contribution is -1.96. The summed E-state index contributed by atoms with van der Waals surface area (Å²) in [7, 11) is 0. The van der Waals surface area contributed by atoms with Crippen molar-refractivity contribution in [2.24, 2.45) is 0 Å². The highest BCUT2D eigenvalue weighted by atomic mass is 16.5. The third-order valence-electron chi connectivity index (χ3n) is 3.22. The zero-order valence-electron chi connectivity index (χ0n) is 11.8. The van der Waals surface area contributed by atoms with Crippen LogP contribution < -0.4 is 4.74 Å². The molecule has 0 atom stereocenters. The van der Waals surface area contributed by atoms with Gasteiger partial charge in [0.05, 0.1) is 18.2 Å². The molecule has 2 rings (SSSR count). The van der Waals surface area contributed by atoms with E-state index in [4.69, 9.17) is 10.00 Å². The molecule has 0 heterocycles. The highest BCUT2D eigenvalue weighted by molar-refractivity contribution is 5.64. The van der Waals surface area contributed by atoms with Crippen molar-refractivity contribution < 1.29 is 4.74 Å². The van der Waals surface area contributed by atoms with Crippen LogP contribution in [0.15, 0.2) is 48.5 Å². The van der Waals surface area contributed by atoms with Gasteiger partial charge in [0, 0.05) is 0 Å². The summed E-state index contributed by atoms with van der Waals surface area (Å²) in [6.45, 7) is 2.97. The van der Waals surface area contributed by atoms with Gasteiger partial charge in [-0.15, -0.1) is 0 Å². The van der Waals surface area contributed by atoms with Gasteiger partial charge in [0.25, 0.3) is 0 Å². The predicted octanol–water partition coefficient (Wildman–Crippen LogP) is 4.79. The first-order chi connectivity index (χ1) is 9.83. The van der Waals surface area contributed by atoms with E-state index in [0.29, 0.717) is 5.56 Å². The Morgan fingerprint density at radius 1 is 0.900 bits per heavy atom. The first-order valence-electron chi connectivity index (χ1n) is 7.07. The highest BCUT2D eigenvalue weighted by Gasteiger charge is 1.99. The molecule has 0 saturated heterocycles. The minimum absolute atomic E-state index is 0.685. The van der Waals surface area contributed by atoms with E-state index in [-0.39, 0.29) is 0 Å². The van der Waals surface area contributed by atoms with Gasteiger partial charge in [-0.05, 0) is 41.8 Å². The molecule has 0 unspecified atom stereocenters. The van der Waals surface area contributed by atoms with Gasteiger partial charge in [0.15, 0.2) is 0 Å². The smallest absolute Gasteiger partial charge is 0.119 e. The Morgan fingerprint density at radius 3 is 2.05 bits per heavy atom. The number of unbranched alkanes of at least 4 members (excludes halogenated alkanes) is 2. The maximum atomic E-state index is 8.79. The van der Waals surface area contributed by atoms with Crippen molar-refractivity contribution in [3.63, 3.8) is 0 Å². The number of hydrogen-bond donors (Lipinski definition) is 0. The van der Waals surface area contributed by atoms with Gasteiger partial charge < -0.3 is 4.74 Å². The predicted molar refractivity (Wildman–Crippen MR) is 81.6 cm³/mol. The summed E-state index contributed by atoms with van der Waals surface area (Å²) >= 11 is 0. The average molecular weight is 265 g/mol. The van der Waals surface area contributed by atoms with E-state index in [1.165, 1.54) is 12.8 Å². The van der Waals surface area contributed by atoms with Gasteiger partial charge in [-0.25, -0.2) is 0 Å². The van der Waals surface area contributed by atoms with Crippen molar-refractivity contribution in [1.82, 2.24) is 0 Å². The molecule has 2 heteroatoms. The Kier molecular flexibility index (Phi) is 5.20. The third-order valence-corrected chi connectivity index (χ3v) is 3.22. The van der Waals surface area contributed by atoms with Crippen LogP contribution >= 0.6 is 0 Å². The number of rotatable bonds is 6. The van der Waals surface area contributed by atoms with E-state index in [1.807, 2.05) is 36.4 Å². The van der Waals surface area contributed by atoms with Crippen molar-refractivity contribution in [2.75, 3.05) is 6.61 Å². The van der Waals surface area contributed by atoms with Crippen LogP contribution in [0.5, 0.6) is 5.75 Å². The maximum Gasteiger partial charge on any atom is 0.119 e. The zero-order valence-corrected chi connectivity index (χ0v) is 11.8. The first-order valence-corrected chi connectivity index (χ1v) is 7.07. The van der Waals surface area contributed by atoms with Crippen LogP contribution in [-0.4, -0.2) is 6.61 Å². The van der Waals surface area contributed by atoms with Gasteiger partial charge in [-0.2, -0.15) is 5.26 Å². The van der Waals surface area contributed by atoms with Gasteiger partial charge in [0.2, 0.25) is 0 Å². The lowest BCUT2D eigenvalue weighted by Gasteiger charge is -2.07. The van der Waals surface area contributed by atoms with Crippen LogP contribution in [0, 0.1) is 11.3 Å². The maximum absolute atomic E-state index is 8.79. The standard InChI is InChI=1S/C18H19NO/c1-2-3-4-13-20-18-11-9-17(10-12-18)16-7-5-15(14-19)6-8-16/h5-12H,2-4,13H2,1H3. The topological polar surface area (TPSA) is 33.0 Å². The normalized spacial score (nSPS) is 10.0. The molecule has 0 N–H and O–H groups in total. The van der Waals surface area contributed by atoms with Crippen molar-refractivity contribution in [1.29, 1.82) is 5.26 Å². The van der Waals surface area contributed by atoms with E-state index in [9.17, 15) is 0 Å². The molecular weight excluding hydrogens is 246 g/mol. The van der Waals surface area contributed by atoms with E-state index in [0.717, 1.165) is 29.9 Å². The summed E-state index contributed by atoms with van der Waals surface area (Å²) in [5.41, 5.74) is 2.93. The third kappa shape index (κ3) is 3.86. The zero-order chi connectivity index (χ0) is 14.2. The van der Waals surface area contributed by atoms with Crippen LogP contribution in [-0.2, 0) is 0 Å². The fraction of sp³-hybridized carbons (Fsp3) is 0.278. The summed E-state index contributed by atoms with van der Waals surface area (Å²) in [6, 6.07) is 17.8. The van der Waals surface area contributed by atoms with Crippen LogP contribution in [0.25, 0.3) is 11.1 Å². The largest absolute Gasteiger partial charge is 0.494 e. The molecule has 20 heavy (non-hydrogen) atoms. The van der Waals surface area contributed by atoms with Gasteiger partial charge in [0.1, 0.15) is 5.75 Å². The second-order valence-electron chi connectivity index (χ2n) is 4.77.